The highest BCUT2D eigenvalue weighted by Gasteiger charge is 2.25. The Morgan fingerprint density at radius 1 is 1.35 bits per heavy atom. The topological polar surface area (TPSA) is 52.6 Å². The summed E-state index contributed by atoms with van der Waals surface area (Å²) in [6.45, 7) is 2.02. The predicted octanol–water partition coefficient (Wildman–Crippen LogP) is 3.54. The van der Waals surface area contributed by atoms with Gasteiger partial charge in [0.25, 0.3) is 0 Å². The molecule has 0 radical (unpaired) electrons. The van der Waals surface area contributed by atoms with Crippen LogP contribution in [0.5, 0.6) is 5.75 Å². The fourth-order valence-corrected chi connectivity index (χ4v) is 3.16. The van der Waals surface area contributed by atoms with Gasteiger partial charge in [-0.2, -0.15) is 0 Å². The molecule has 0 bridgehead atoms. The molecular formula is C18H23ClO4. The van der Waals surface area contributed by atoms with E-state index < -0.39 is 11.3 Å². The summed E-state index contributed by atoms with van der Waals surface area (Å²) in [6, 6.07) is 7.54. The summed E-state index contributed by atoms with van der Waals surface area (Å²) in [5.74, 6) is 0.969. The van der Waals surface area contributed by atoms with Gasteiger partial charge in [-0.1, -0.05) is 12.1 Å². The lowest BCUT2D eigenvalue weighted by atomic mass is 9.85. The first kappa shape index (κ1) is 17.8. The summed E-state index contributed by atoms with van der Waals surface area (Å²) in [5, 5.41) is -0.682. The van der Waals surface area contributed by atoms with E-state index >= 15 is 0 Å². The summed E-state index contributed by atoms with van der Waals surface area (Å²) in [6.07, 6.45) is 3.75. The minimum absolute atomic E-state index is 0.0148. The lowest BCUT2D eigenvalue weighted by Crippen LogP contribution is -2.29. The van der Waals surface area contributed by atoms with Gasteiger partial charge in [0.15, 0.2) is 0 Å². The first-order valence-electron chi connectivity index (χ1n) is 7.98. The molecule has 1 fully saturated rings. The molecule has 1 aromatic rings. The molecule has 5 heteroatoms. The highest BCUT2D eigenvalue weighted by atomic mass is 35.5. The molecule has 0 aliphatic heterocycles. The second kappa shape index (κ2) is 8.34. The number of Topliss-reactive ketones (excluding diaryl/α,β-unsaturated/α-hetero) is 1. The van der Waals surface area contributed by atoms with Crippen LogP contribution >= 0.6 is 11.6 Å². The number of rotatable bonds is 6. The van der Waals surface area contributed by atoms with E-state index in [0.717, 1.165) is 24.2 Å². The van der Waals surface area contributed by atoms with Crippen LogP contribution in [0.2, 0.25) is 0 Å². The lowest BCUT2D eigenvalue weighted by molar-refractivity contribution is -0.140. The molecule has 0 spiro atoms. The quantitative estimate of drug-likeness (QED) is 0.588. The van der Waals surface area contributed by atoms with Crippen molar-refractivity contribution in [3.8, 4) is 5.75 Å². The Morgan fingerprint density at radius 2 is 2.04 bits per heavy atom. The van der Waals surface area contributed by atoms with Crippen molar-refractivity contribution in [2.75, 3.05) is 7.11 Å². The normalized spacial score (nSPS) is 20.7. The Morgan fingerprint density at radius 3 is 2.65 bits per heavy atom. The third kappa shape index (κ3) is 5.24. The van der Waals surface area contributed by atoms with Gasteiger partial charge in [-0.15, -0.1) is 11.6 Å². The van der Waals surface area contributed by atoms with Crippen molar-refractivity contribution in [3.63, 3.8) is 0 Å². The minimum Gasteiger partial charge on any atom is -0.490 e. The van der Waals surface area contributed by atoms with Gasteiger partial charge in [0.1, 0.15) is 16.9 Å². The van der Waals surface area contributed by atoms with Crippen LogP contribution in [0.4, 0.5) is 0 Å². The number of hydrogen-bond donors (Lipinski definition) is 0. The van der Waals surface area contributed by atoms with Crippen LogP contribution in [0.1, 0.15) is 38.2 Å². The largest absolute Gasteiger partial charge is 0.490 e. The van der Waals surface area contributed by atoms with Crippen LogP contribution in [0.3, 0.4) is 0 Å². The van der Waals surface area contributed by atoms with Gasteiger partial charge in [0.2, 0.25) is 0 Å². The number of esters is 1. The smallest absolute Gasteiger partial charge is 0.324 e. The Balaban J connectivity index is 1.89. The number of ketones is 1. The van der Waals surface area contributed by atoms with Gasteiger partial charge >= 0.3 is 5.97 Å². The minimum atomic E-state index is -0.682. The molecule has 0 N–H and O–H groups in total. The van der Waals surface area contributed by atoms with E-state index in [1.165, 1.54) is 7.11 Å². The van der Waals surface area contributed by atoms with Gasteiger partial charge < -0.3 is 9.47 Å². The third-order valence-electron chi connectivity index (χ3n) is 4.30. The zero-order valence-corrected chi connectivity index (χ0v) is 14.3. The van der Waals surface area contributed by atoms with E-state index in [2.05, 4.69) is 4.74 Å². The molecule has 23 heavy (non-hydrogen) atoms. The highest BCUT2D eigenvalue weighted by Crippen LogP contribution is 2.27. The number of carbonyl (C=O) groups excluding carboxylic acids is 2. The molecule has 0 heterocycles. The van der Waals surface area contributed by atoms with E-state index in [0.29, 0.717) is 31.0 Å². The number of carbonyl (C=O) groups is 2. The molecule has 4 nitrogen and oxygen atoms in total. The van der Waals surface area contributed by atoms with E-state index in [9.17, 15) is 9.59 Å². The Kier molecular flexibility index (Phi) is 6.46. The number of methoxy groups -OCH3 is 1. The molecule has 3 atom stereocenters. The summed E-state index contributed by atoms with van der Waals surface area (Å²) in [7, 11) is 1.33. The molecule has 1 aromatic carbocycles. The van der Waals surface area contributed by atoms with Crippen molar-refractivity contribution < 1.29 is 19.1 Å². The zero-order valence-electron chi connectivity index (χ0n) is 13.6. The number of alkyl halides is 1. The fourth-order valence-electron chi connectivity index (χ4n) is 2.89. The second-order valence-corrected chi connectivity index (χ2v) is 6.58. The van der Waals surface area contributed by atoms with Crippen molar-refractivity contribution in [2.45, 2.75) is 50.5 Å². The van der Waals surface area contributed by atoms with Crippen LogP contribution < -0.4 is 4.74 Å². The van der Waals surface area contributed by atoms with Gasteiger partial charge in [-0.3, -0.25) is 9.59 Å². The molecule has 0 amide bonds. The average Bonchev–Trinajstić information content (AvgIpc) is 2.55. The Labute approximate surface area is 142 Å². The van der Waals surface area contributed by atoms with Crippen molar-refractivity contribution in [1.82, 2.24) is 0 Å². The first-order valence-corrected chi connectivity index (χ1v) is 8.42. The van der Waals surface area contributed by atoms with Gasteiger partial charge in [0, 0.05) is 18.8 Å². The third-order valence-corrected chi connectivity index (χ3v) is 4.63. The second-order valence-electron chi connectivity index (χ2n) is 6.06. The van der Waals surface area contributed by atoms with E-state index in [1.54, 1.807) is 0 Å². The number of halogens is 1. The average molecular weight is 339 g/mol. The summed E-state index contributed by atoms with van der Waals surface area (Å²) < 4.78 is 10.6. The van der Waals surface area contributed by atoms with Gasteiger partial charge in [0.05, 0.1) is 13.2 Å². The number of hydrogen-bond acceptors (Lipinski definition) is 4. The maximum Gasteiger partial charge on any atom is 0.324 e. The van der Waals surface area contributed by atoms with E-state index in [-0.39, 0.29) is 6.10 Å². The van der Waals surface area contributed by atoms with Gasteiger partial charge in [-0.05, 0) is 43.9 Å². The molecule has 3 unspecified atom stereocenters. The molecule has 1 aliphatic carbocycles. The summed E-state index contributed by atoms with van der Waals surface area (Å²) in [5.41, 5.74) is 0.947. The number of benzene rings is 1. The molecule has 1 saturated carbocycles. The van der Waals surface area contributed by atoms with Crippen molar-refractivity contribution in [2.24, 2.45) is 5.92 Å². The fraction of sp³-hybridized carbons (Fsp3) is 0.556. The first-order chi connectivity index (χ1) is 11.0. The molecule has 0 saturated heterocycles. The lowest BCUT2D eigenvalue weighted by Gasteiger charge is -2.27. The summed E-state index contributed by atoms with van der Waals surface area (Å²) >= 11 is 5.97. The van der Waals surface area contributed by atoms with Crippen molar-refractivity contribution in [3.05, 3.63) is 29.8 Å². The van der Waals surface area contributed by atoms with E-state index in [1.807, 2.05) is 31.2 Å². The Bertz CT molecular complexity index is 540. The molecule has 126 valence electrons. The van der Waals surface area contributed by atoms with Crippen molar-refractivity contribution >= 4 is 23.4 Å². The standard InChI is InChI=1S/C18H23ClO4/c1-12(14-4-3-5-15(20)11-14)23-16-8-6-13(7-9-16)10-17(19)18(21)22-2/h6-9,12,14,17H,3-5,10-11H2,1-2H3. The zero-order chi connectivity index (χ0) is 16.8. The van der Waals surface area contributed by atoms with Crippen LogP contribution in [0.25, 0.3) is 0 Å². The molecular weight excluding hydrogens is 316 g/mol. The van der Waals surface area contributed by atoms with Gasteiger partial charge in [-0.25, -0.2) is 0 Å². The van der Waals surface area contributed by atoms with E-state index in [4.69, 9.17) is 16.3 Å². The van der Waals surface area contributed by atoms with Crippen LogP contribution in [-0.4, -0.2) is 30.3 Å². The maximum absolute atomic E-state index is 11.6. The molecule has 1 aliphatic rings. The number of ether oxygens (including phenoxy) is 2. The predicted molar refractivity (Wildman–Crippen MR) is 88.9 cm³/mol. The maximum atomic E-state index is 11.6. The van der Waals surface area contributed by atoms with Crippen LogP contribution in [0, 0.1) is 5.92 Å². The van der Waals surface area contributed by atoms with Crippen LogP contribution in [-0.2, 0) is 20.7 Å². The molecule has 2 rings (SSSR count). The molecule has 0 aromatic heterocycles. The van der Waals surface area contributed by atoms with Crippen LogP contribution in [0.15, 0.2) is 24.3 Å². The summed E-state index contributed by atoms with van der Waals surface area (Å²) in [4.78, 5) is 22.9. The highest BCUT2D eigenvalue weighted by molar-refractivity contribution is 6.30. The SMILES string of the molecule is COC(=O)C(Cl)Cc1ccc(OC(C)C2CCCC(=O)C2)cc1. The van der Waals surface area contributed by atoms with Crippen molar-refractivity contribution in [1.29, 1.82) is 0 Å². The monoisotopic (exact) mass is 338 g/mol. The Hall–Kier alpha value is -1.55.